The Morgan fingerprint density at radius 1 is 1.57 bits per heavy atom. The zero-order valence-electron chi connectivity index (χ0n) is 9.04. The van der Waals surface area contributed by atoms with Crippen molar-refractivity contribution < 1.29 is 0 Å². The molecule has 0 atom stereocenters. The van der Waals surface area contributed by atoms with Gasteiger partial charge in [0.2, 0.25) is 0 Å². The molecule has 0 aliphatic carbocycles. The third-order valence-corrected chi connectivity index (χ3v) is 4.19. The smallest absolute Gasteiger partial charge is 0.149 e. The number of rotatable bonds is 6. The first-order valence-corrected chi connectivity index (χ1v) is 6.78. The van der Waals surface area contributed by atoms with E-state index in [2.05, 4.69) is 31.1 Å². The van der Waals surface area contributed by atoms with E-state index < -0.39 is 0 Å². The molecule has 2 nitrogen and oxygen atoms in total. The van der Waals surface area contributed by atoms with Crippen molar-refractivity contribution in [2.75, 3.05) is 12.3 Å². The van der Waals surface area contributed by atoms with Gasteiger partial charge in [-0.05, 0) is 20.3 Å². The first kappa shape index (κ1) is 12.0. The van der Waals surface area contributed by atoms with Crippen molar-refractivity contribution in [1.82, 2.24) is 10.3 Å². The lowest BCUT2D eigenvalue weighted by molar-refractivity contribution is 0.388. The lowest BCUT2D eigenvalue weighted by Crippen LogP contribution is -2.39. The van der Waals surface area contributed by atoms with Gasteiger partial charge in [0, 0.05) is 29.4 Å². The van der Waals surface area contributed by atoms with Gasteiger partial charge in [0.25, 0.3) is 0 Å². The molecule has 1 rings (SSSR count). The van der Waals surface area contributed by atoms with E-state index >= 15 is 0 Å². The molecule has 0 aromatic carbocycles. The third kappa shape index (κ3) is 4.44. The summed E-state index contributed by atoms with van der Waals surface area (Å²) in [7, 11) is 0. The molecule has 0 spiro atoms. The van der Waals surface area contributed by atoms with Crippen LogP contribution in [0.5, 0.6) is 0 Å². The minimum Gasteiger partial charge on any atom is -0.311 e. The Labute approximate surface area is 94.5 Å². The molecule has 1 N–H and O–H groups in total. The van der Waals surface area contributed by atoms with Gasteiger partial charge in [-0.2, -0.15) is 0 Å². The second kappa shape index (κ2) is 5.73. The molecule has 0 unspecified atom stereocenters. The van der Waals surface area contributed by atoms with Crippen LogP contribution in [0.4, 0.5) is 0 Å². The van der Waals surface area contributed by atoms with Gasteiger partial charge >= 0.3 is 0 Å². The molecule has 0 radical (unpaired) electrons. The molecule has 0 bridgehead atoms. The molecule has 1 aromatic rings. The summed E-state index contributed by atoms with van der Waals surface area (Å²) in [6.07, 6.45) is 3.02. The summed E-state index contributed by atoms with van der Waals surface area (Å²) in [5.41, 5.74) is 0.267. The van der Waals surface area contributed by atoms with Gasteiger partial charge in [0.05, 0.1) is 0 Å². The van der Waals surface area contributed by atoms with Crippen LogP contribution in [0, 0.1) is 0 Å². The second-order valence-corrected chi connectivity index (χ2v) is 6.05. The normalized spacial score (nSPS) is 11.9. The van der Waals surface area contributed by atoms with E-state index in [1.807, 2.05) is 23.3 Å². The van der Waals surface area contributed by atoms with Crippen LogP contribution in [0.1, 0.15) is 27.2 Å². The zero-order valence-corrected chi connectivity index (χ0v) is 10.7. The van der Waals surface area contributed by atoms with Crippen LogP contribution in [0.15, 0.2) is 15.9 Å². The molecule has 0 saturated carbocycles. The van der Waals surface area contributed by atoms with Crippen molar-refractivity contribution in [3.05, 3.63) is 11.6 Å². The molecule has 4 heteroatoms. The highest BCUT2D eigenvalue weighted by molar-refractivity contribution is 8.01. The Kier molecular flexibility index (Phi) is 4.92. The minimum atomic E-state index is 0.267. The highest BCUT2D eigenvalue weighted by Crippen LogP contribution is 2.19. The largest absolute Gasteiger partial charge is 0.311 e. The van der Waals surface area contributed by atoms with Gasteiger partial charge < -0.3 is 5.32 Å². The molecule has 80 valence electrons. The maximum absolute atomic E-state index is 4.22. The summed E-state index contributed by atoms with van der Waals surface area (Å²) in [6, 6.07) is 0. The number of hydrogen-bond acceptors (Lipinski definition) is 4. The van der Waals surface area contributed by atoms with E-state index in [0.717, 1.165) is 18.7 Å². The average Bonchev–Trinajstić information content (AvgIpc) is 2.65. The first-order chi connectivity index (χ1) is 6.64. The molecule has 1 heterocycles. The summed E-state index contributed by atoms with van der Waals surface area (Å²) < 4.78 is 1.17. The standard InChI is InChI=1S/C10H18N2S2/c1-4-10(2,3)12-6-8-14-9-11-5-7-13-9/h5,7,12H,4,6,8H2,1-3H3. The monoisotopic (exact) mass is 230 g/mol. The number of nitrogens with zero attached hydrogens (tertiary/aromatic N) is 1. The Hall–Kier alpha value is -0.0600. The number of hydrogen-bond donors (Lipinski definition) is 1. The summed E-state index contributed by atoms with van der Waals surface area (Å²) in [6.45, 7) is 7.73. The topological polar surface area (TPSA) is 24.9 Å². The summed E-state index contributed by atoms with van der Waals surface area (Å²) in [4.78, 5) is 4.22. The van der Waals surface area contributed by atoms with Crippen molar-refractivity contribution in [3.63, 3.8) is 0 Å². The maximum Gasteiger partial charge on any atom is 0.149 e. The van der Waals surface area contributed by atoms with Crippen molar-refractivity contribution in [2.24, 2.45) is 0 Å². The zero-order chi connectivity index (χ0) is 10.4. The van der Waals surface area contributed by atoms with E-state index in [1.165, 1.54) is 4.34 Å². The van der Waals surface area contributed by atoms with Crippen molar-refractivity contribution >= 4 is 23.1 Å². The van der Waals surface area contributed by atoms with Crippen LogP contribution in [-0.2, 0) is 0 Å². The van der Waals surface area contributed by atoms with Gasteiger partial charge in [-0.15, -0.1) is 11.3 Å². The van der Waals surface area contributed by atoms with E-state index in [-0.39, 0.29) is 5.54 Å². The first-order valence-electron chi connectivity index (χ1n) is 4.91. The predicted octanol–water partition coefficient (Wildman–Crippen LogP) is 3.01. The van der Waals surface area contributed by atoms with Gasteiger partial charge in [0.1, 0.15) is 4.34 Å². The van der Waals surface area contributed by atoms with Crippen molar-refractivity contribution in [3.8, 4) is 0 Å². The average molecular weight is 230 g/mol. The Bertz CT molecular complexity index is 245. The summed E-state index contributed by atoms with van der Waals surface area (Å²) >= 11 is 3.53. The van der Waals surface area contributed by atoms with Crippen LogP contribution >= 0.6 is 23.1 Å². The Morgan fingerprint density at radius 2 is 2.36 bits per heavy atom. The van der Waals surface area contributed by atoms with E-state index in [4.69, 9.17) is 0 Å². The lowest BCUT2D eigenvalue weighted by atomic mass is 10.0. The van der Waals surface area contributed by atoms with E-state index in [9.17, 15) is 0 Å². The highest BCUT2D eigenvalue weighted by Gasteiger charge is 2.12. The van der Waals surface area contributed by atoms with Crippen LogP contribution in [0.2, 0.25) is 0 Å². The van der Waals surface area contributed by atoms with Crippen LogP contribution in [0.25, 0.3) is 0 Å². The fourth-order valence-electron chi connectivity index (χ4n) is 0.934. The summed E-state index contributed by atoms with van der Waals surface area (Å²) in [5, 5.41) is 5.55. The minimum absolute atomic E-state index is 0.267. The number of thiazole rings is 1. The fraction of sp³-hybridized carbons (Fsp3) is 0.700. The van der Waals surface area contributed by atoms with Gasteiger partial charge in [-0.1, -0.05) is 18.7 Å². The van der Waals surface area contributed by atoms with Crippen molar-refractivity contribution in [1.29, 1.82) is 0 Å². The number of nitrogens with one attached hydrogen (secondary N) is 1. The van der Waals surface area contributed by atoms with Crippen LogP contribution in [-0.4, -0.2) is 22.8 Å². The van der Waals surface area contributed by atoms with Crippen LogP contribution < -0.4 is 5.32 Å². The van der Waals surface area contributed by atoms with E-state index in [0.29, 0.717) is 0 Å². The van der Waals surface area contributed by atoms with Gasteiger partial charge in [-0.3, -0.25) is 0 Å². The number of thioether (sulfide) groups is 1. The summed E-state index contributed by atoms with van der Waals surface area (Å²) in [5.74, 6) is 1.09. The molecule has 0 fully saturated rings. The Morgan fingerprint density at radius 3 is 2.93 bits per heavy atom. The molecule has 0 amide bonds. The van der Waals surface area contributed by atoms with Gasteiger partial charge in [0.15, 0.2) is 0 Å². The molecule has 0 aliphatic heterocycles. The quantitative estimate of drug-likeness (QED) is 0.600. The highest BCUT2D eigenvalue weighted by atomic mass is 32.2. The molecular formula is C10H18N2S2. The maximum atomic E-state index is 4.22. The SMILES string of the molecule is CCC(C)(C)NCCSc1nccs1. The molecule has 0 saturated heterocycles. The third-order valence-electron chi connectivity index (χ3n) is 2.22. The van der Waals surface area contributed by atoms with Crippen molar-refractivity contribution in [2.45, 2.75) is 37.1 Å². The van der Waals surface area contributed by atoms with Gasteiger partial charge in [-0.25, -0.2) is 4.98 Å². The predicted molar refractivity (Wildman–Crippen MR) is 65.2 cm³/mol. The Balaban J connectivity index is 2.11. The van der Waals surface area contributed by atoms with E-state index in [1.54, 1.807) is 11.3 Å². The molecule has 14 heavy (non-hydrogen) atoms. The second-order valence-electron chi connectivity index (χ2n) is 3.81. The molecule has 1 aromatic heterocycles. The number of aromatic nitrogens is 1. The lowest BCUT2D eigenvalue weighted by Gasteiger charge is -2.24. The van der Waals surface area contributed by atoms with Crippen LogP contribution in [0.3, 0.4) is 0 Å². The molecule has 0 aliphatic rings. The molecular weight excluding hydrogens is 212 g/mol. The fourth-order valence-corrected chi connectivity index (χ4v) is 2.50.